The number of hydrogen-bond donors (Lipinski definition) is 0. The molecule has 3 fully saturated rings. The Morgan fingerprint density at radius 3 is 2.29 bits per heavy atom. The van der Waals surface area contributed by atoms with Crippen LogP contribution in [0.3, 0.4) is 0 Å². The molecule has 4 nitrogen and oxygen atoms in total. The second kappa shape index (κ2) is 10.3. The number of alkyl halides is 3. The number of hydrogen-bond acceptors (Lipinski definition) is 3. The van der Waals surface area contributed by atoms with Crippen molar-refractivity contribution in [2.24, 2.45) is 11.8 Å². The van der Waals surface area contributed by atoms with Gasteiger partial charge in [0.15, 0.2) is 0 Å². The van der Waals surface area contributed by atoms with Gasteiger partial charge in [-0.05, 0) is 64.2 Å². The SMILES string of the molecule is CCN(C1CCCC(COC2(C)CCCCC2)C1)S(=O)(=O)C1CCCC(C(F)(F)F)C1. The summed E-state index contributed by atoms with van der Waals surface area (Å²) in [4.78, 5) is 0. The van der Waals surface area contributed by atoms with Crippen molar-refractivity contribution in [2.45, 2.75) is 120 Å². The first-order valence-electron chi connectivity index (χ1n) is 12.3. The second-order valence-corrected chi connectivity index (χ2v) is 12.4. The fourth-order valence-corrected chi connectivity index (χ4v) is 8.28. The third-order valence-electron chi connectivity index (χ3n) is 7.89. The van der Waals surface area contributed by atoms with Crippen LogP contribution in [-0.2, 0) is 14.8 Å². The Hall–Kier alpha value is -0.340. The summed E-state index contributed by atoms with van der Waals surface area (Å²) in [5, 5.41) is -0.911. The zero-order chi connectivity index (χ0) is 22.7. The summed E-state index contributed by atoms with van der Waals surface area (Å²) in [5.41, 5.74) is -0.0591. The summed E-state index contributed by atoms with van der Waals surface area (Å²) in [6, 6.07) is -0.122. The van der Waals surface area contributed by atoms with Gasteiger partial charge in [0.25, 0.3) is 0 Å². The average Bonchev–Trinajstić information content (AvgIpc) is 2.73. The molecular formula is C23H40F3NO3S. The lowest BCUT2D eigenvalue weighted by Crippen LogP contribution is -2.49. The van der Waals surface area contributed by atoms with Crippen LogP contribution in [0.5, 0.6) is 0 Å². The quantitative estimate of drug-likeness (QED) is 0.457. The number of sulfonamides is 1. The van der Waals surface area contributed by atoms with E-state index in [1.807, 2.05) is 6.92 Å². The highest BCUT2D eigenvalue weighted by Crippen LogP contribution is 2.41. The van der Waals surface area contributed by atoms with E-state index < -0.39 is 27.4 Å². The molecule has 3 aliphatic rings. The van der Waals surface area contributed by atoms with Crippen LogP contribution < -0.4 is 0 Å². The van der Waals surface area contributed by atoms with Gasteiger partial charge in [-0.1, -0.05) is 39.0 Å². The zero-order valence-electron chi connectivity index (χ0n) is 19.1. The van der Waals surface area contributed by atoms with Crippen LogP contribution >= 0.6 is 0 Å². The summed E-state index contributed by atoms with van der Waals surface area (Å²) >= 11 is 0. The van der Waals surface area contributed by atoms with Crippen LogP contribution in [0.25, 0.3) is 0 Å². The maximum Gasteiger partial charge on any atom is 0.391 e. The molecule has 3 saturated carbocycles. The van der Waals surface area contributed by atoms with E-state index in [4.69, 9.17) is 4.74 Å². The van der Waals surface area contributed by atoms with E-state index in [9.17, 15) is 21.6 Å². The van der Waals surface area contributed by atoms with Gasteiger partial charge in [0, 0.05) is 12.6 Å². The minimum absolute atomic E-state index is 0.0449. The molecule has 182 valence electrons. The zero-order valence-corrected chi connectivity index (χ0v) is 19.9. The minimum atomic E-state index is -4.31. The Balaban J connectivity index is 1.62. The summed E-state index contributed by atoms with van der Waals surface area (Å²) in [7, 11) is -3.75. The van der Waals surface area contributed by atoms with Crippen LogP contribution in [-0.4, -0.2) is 48.9 Å². The monoisotopic (exact) mass is 467 g/mol. The molecule has 0 aromatic carbocycles. The molecule has 0 aromatic rings. The topological polar surface area (TPSA) is 46.6 Å². The lowest BCUT2D eigenvalue weighted by molar-refractivity contribution is -0.181. The van der Waals surface area contributed by atoms with Crippen molar-refractivity contribution in [3.63, 3.8) is 0 Å². The van der Waals surface area contributed by atoms with Crippen LogP contribution in [0.15, 0.2) is 0 Å². The summed E-state index contributed by atoms with van der Waals surface area (Å²) in [5.74, 6) is -1.18. The molecule has 3 rings (SSSR count). The highest BCUT2D eigenvalue weighted by Gasteiger charge is 2.47. The van der Waals surface area contributed by atoms with Gasteiger partial charge in [0.05, 0.1) is 23.4 Å². The van der Waals surface area contributed by atoms with Gasteiger partial charge in [-0.2, -0.15) is 17.5 Å². The lowest BCUT2D eigenvalue weighted by atomic mass is 9.84. The maximum atomic E-state index is 13.4. The number of nitrogens with zero attached hydrogens (tertiary/aromatic N) is 1. The summed E-state index contributed by atoms with van der Waals surface area (Å²) in [6.45, 7) is 4.98. The minimum Gasteiger partial charge on any atom is -0.375 e. The van der Waals surface area contributed by atoms with Gasteiger partial charge in [-0.3, -0.25) is 0 Å². The molecule has 8 heteroatoms. The van der Waals surface area contributed by atoms with Crippen molar-refractivity contribution >= 4 is 10.0 Å². The average molecular weight is 468 g/mol. The van der Waals surface area contributed by atoms with Gasteiger partial charge in [-0.15, -0.1) is 0 Å². The van der Waals surface area contributed by atoms with Gasteiger partial charge in [0.2, 0.25) is 10.0 Å². The van der Waals surface area contributed by atoms with E-state index in [0.29, 0.717) is 31.9 Å². The van der Waals surface area contributed by atoms with E-state index in [2.05, 4.69) is 6.92 Å². The van der Waals surface area contributed by atoms with E-state index in [0.717, 1.165) is 38.5 Å². The molecule has 0 spiro atoms. The first-order chi connectivity index (χ1) is 14.5. The maximum absolute atomic E-state index is 13.4. The van der Waals surface area contributed by atoms with Crippen molar-refractivity contribution in [1.82, 2.24) is 4.31 Å². The Bertz CT molecular complexity index is 676. The molecule has 0 heterocycles. The van der Waals surface area contributed by atoms with E-state index in [-0.39, 0.29) is 24.5 Å². The van der Waals surface area contributed by atoms with E-state index in [1.54, 1.807) is 0 Å². The third-order valence-corrected chi connectivity index (χ3v) is 10.4. The van der Waals surface area contributed by atoms with Crippen molar-refractivity contribution in [2.75, 3.05) is 13.2 Å². The second-order valence-electron chi connectivity index (χ2n) is 10.3. The molecule has 4 atom stereocenters. The first kappa shape index (κ1) is 25.3. The van der Waals surface area contributed by atoms with Crippen LogP contribution in [0.1, 0.15) is 97.3 Å². The fourth-order valence-electron chi connectivity index (χ4n) is 5.99. The van der Waals surface area contributed by atoms with E-state index in [1.165, 1.54) is 23.6 Å². The van der Waals surface area contributed by atoms with Crippen molar-refractivity contribution in [3.8, 4) is 0 Å². The molecule has 0 aliphatic heterocycles. The predicted molar refractivity (Wildman–Crippen MR) is 116 cm³/mol. The molecular weight excluding hydrogens is 427 g/mol. The fraction of sp³-hybridized carbons (Fsp3) is 1.00. The molecule has 31 heavy (non-hydrogen) atoms. The van der Waals surface area contributed by atoms with Gasteiger partial charge < -0.3 is 4.74 Å². The Labute approximate surface area is 186 Å². The van der Waals surface area contributed by atoms with Gasteiger partial charge in [0.1, 0.15) is 0 Å². The number of ether oxygens (including phenoxy) is 1. The molecule has 0 N–H and O–H groups in total. The van der Waals surface area contributed by atoms with Gasteiger partial charge in [-0.25, -0.2) is 8.42 Å². The molecule has 0 bridgehead atoms. The normalized spacial score (nSPS) is 32.8. The number of rotatable bonds is 7. The summed E-state index contributed by atoms with van der Waals surface area (Å²) in [6.07, 6.45) is 5.45. The highest BCUT2D eigenvalue weighted by atomic mass is 32.2. The van der Waals surface area contributed by atoms with Gasteiger partial charge >= 0.3 is 6.18 Å². The predicted octanol–water partition coefficient (Wildman–Crippen LogP) is 6.06. The Kier molecular flexibility index (Phi) is 8.39. The van der Waals surface area contributed by atoms with Crippen LogP contribution in [0, 0.1) is 11.8 Å². The van der Waals surface area contributed by atoms with Crippen LogP contribution in [0.2, 0.25) is 0 Å². The molecule has 0 amide bonds. The van der Waals surface area contributed by atoms with Crippen LogP contribution in [0.4, 0.5) is 13.2 Å². The van der Waals surface area contributed by atoms with E-state index >= 15 is 0 Å². The first-order valence-corrected chi connectivity index (χ1v) is 13.8. The van der Waals surface area contributed by atoms with Crippen molar-refractivity contribution < 1.29 is 26.3 Å². The highest BCUT2D eigenvalue weighted by molar-refractivity contribution is 7.89. The molecule has 0 saturated heterocycles. The van der Waals surface area contributed by atoms with Crippen molar-refractivity contribution in [3.05, 3.63) is 0 Å². The number of halogens is 3. The standard InChI is InChI=1S/C23H40F3NO3S/c1-3-27(31(28,29)21-12-8-10-19(16-21)23(24,25)26)20-11-7-9-18(15-20)17-30-22(2)13-5-4-6-14-22/h18-21H,3-17H2,1-2H3. The van der Waals surface area contributed by atoms with Crippen molar-refractivity contribution in [1.29, 1.82) is 0 Å². The largest absolute Gasteiger partial charge is 0.391 e. The molecule has 4 unspecified atom stereocenters. The Morgan fingerprint density at radius 2 is 1.65 bits per heavy atom. The molecule has 0 radical (unpaired) electrons. The Morgan fingerprint density at radius 1 is 0.968 bits per heavy atom. The third kappa shape index (κ3) is 6.38. The summed E-state index contributed by atoms with van der Waals surface area (Å²) < 4.78 is 74.3. The molecule has 3 aliphatic carbocycles. The lowest BCUT2D eigenvalue weighted by Gasteiger charge is -2.41. The molecule has 0 aromatic heterocycles. The smallest absolute Gasteiger partial charge is 0.375 e.